The van der Waals surface area contributed by atoms with Gasteiger partial charge < -0.3 is 78.7 Å². The molecule has 344 valence electrons. The number of fused-ring (bicyclic) bond motifs is 7. The number of hydrogen-bond acceptors (Lipinski definition) is 16. The third-order valence-electron chi connectivity index (χ3n) is 17.9. The van der Waals surface area contributed by atoms with Crippen LogP contribution in [0.2, 0.25) is 0 Å². The quantitative estimate of drug-likeness (QED) is 0.186. The first-order chi connectivity index (χ1) is 28.4. The molecule has 0 aromatic heterocycles. The molecule has 16 nitrogen and oxygen atoms in total. The van der Waals surface area contributed by atoms with Gasteiger partial charge in [0.05, 0.1) is 43.7 Å². The molecular formula is C44H72O16. The van der Waals surface area contributed by atoms with Gasteiger partial charge in [0.1, 0.15) is 54.9 Å². The Morgan fingerprint density at radius 2 is 1.25 bits per heavy atom. The summed E-state index contributed by atoms with van der Waals surface area (Å²) in [6.07, 6.45) is -12.6. The number of aliphatic hydroxyl groups is 8. The Morgan fingerprint density at radius 1 is 0.600 bits per heavy atom. The number of hydrogen-bond donors (Lipinski definition) is 8. The molecule has 5 heterocycles. The zero-order valence-corrected chi connectivity index (χ0v) is 36.0. The number of ether oxygens (including phenoxy) is 8. The third-order valence-corrected chi connectivity index (χ3v) is 17.9. The van der Waals surface area contributed by atoms with Gasteiger partial charge in [0.2, 0.25) is 0 Å². The highest BCUT2D eigenvalue weighted by Gasteiger charge is 2.70. The largest absolute Gasteiger partial charge is 0.393 e. The average Bonchev–Trinajstić information content (AvgIpc) is 3.66. The summed E-state index contributed by atoms with van der Waals surface area (Å²) in [5.41, 5.74) is -0.282. The van der Waals surface area contributed by atoms with E-state index in [1.807, 2.05) is 0 Å². The van der Waals surface area contributed by atoms with Crippen LogP contribution < -0.4 is 0 Å². The van der Waals surface area contributed by atoms with E-state index in [0.29, 0.717) is 42.4 Å². The molecule has 16 heteroatoms. The van der Waals surface area contributed by atoms with Crippen molar-refractivity contribution in [2.24, 2.45) is 52.3 Å². The molecular weight excluding hydrogens is 784 g/mol. The van der Waals surface area contributed by atoms with Gasteiger partial charge in [-0.1, -0.05) is 27.7 Å². The van der Waals surface area contributed by atoms with Crippen molar-refractivity contribution in [3.8, 4) is 0 Å². The van der Waals surface area contributed by atoms with Crippen molar-refractivity contribution in [2.45, 2.75) is 209 Å². The fraction of sp³-hybridized carbons (Fsp3) is 1.00. The molecule has 0 aromatic rings. The Morgan fingerprint density at radius 3 is 1.88 bits per heavy atom. The van der Waals surface area contributed by atoms with Crippen LogP contribution in [-0.2, 0) is 37.9 Å². The van der Waals surface area contributed by atoms with E-state index in [1.54, 1.807) is 0 Å². The molecule has 27 atom stereocenters. The monoisotopic (exact) mass is 856 g/mol. The van der Waals surface area contributed by atoms with Crippen molar-refractivity contribution in [2.75, 3.05) is 13.2 Å². The summed E-state index contributed by atoms with van der Waals surface area (Å²) in [6.45, 7) is 12.9. The van der Waals surface area contributed by atoms with E-state index in [0.717, 1.165) is 51.6 Å². The second kappa shape index (κ2) is 16.4. The maximum absolute atomic E-state index is 11.4. The lowest BCUT2D eigenvalue weighted by Gasteiger charge is -2.63. The van der Waals surface area contributed by atoms with Gasteiger partial charge in [-0.3, -0.25) is 0 Å². The second-order valence-electron chi connectivity index (χ2n) is 21.1. The van der Waals surface area contributed by atoms with Gasteiger partial charge in [0.25, 0.3) is 0 Å². The highest BCUT2D eigenvalue weighted by atomic mass is 16.8. The Kier molecular flexibility index (Phi) is 12.1. The number of aliphatic hydroxyl groups excluding tert-OH is 8. The van der Waals surface area contributed by atoms with Crippen LogP contribution in [-0.4, -0.2) is 164 Å². The first kappa shape index (κ1) is 44.6. The first-order valence-corrected chi connectivity index (χ1v) is 23.0. The van der Waals surface area contributed by atoms with Gasteiger partial charge in [-0.25, -0.2) is 0 Å². The van der Waals surface area contributed by atoms with E-state index >= 15 is 0 Å². The molecule has 0 radical (unpaired) electrons. The Labute approximate surface area is 353 Å². The summed E-state index contributed by atoms with van der Waals surface area (Å²) in [5.74, 6) is 2.09. The predicted octanol–water partition coefficient (Wildman–Crippen LogP) is 0.932. The lowest BCUT2D eigenvalue weighted by atomic mass is 9.43. The van der Waals surface area contributed by atoms with E-state index in [-0.39, 0.29) is 35.4 Å². The Balaban J connectivity index is 0.991. The number of rotatable bonds is 6. The third kappa shape index (κ3) is 7.09. The molecule has 5 saturated heterocycles. The van der Waals surface area contributed by atoms with Crippen molar-refractivity contribution >= 4 is 0 Å². The first-order valence-electron chi connectivity index (χ1n) is 23.0. The molecule has 9 fully saturated rings. The van der Waals surface area contributed by atoms with Crippen LogP contribution in [0.4, 0.5) is 0 Å². The molecule has 6 unspecified atom stereocenters. The molecule has 0 amide bonds. The summed E-state index contributed by atoms with van der Waals surface area (Å²) in [6, 6.07) is 0. The van der Waals surface area contributed by atoms with E-state index in [4.69, 9.17) is 37.9 Å². The van der Waals surface area contributed by atoms with Gasteiger partial charge in [-0.05, 0) is 105 Å². The summed E-state index contributed by atoms with van der Waals surface area (Å²) in [7, 11) is 0. The fourth-order valence-electron chi connectivity index (χ4n) is 14.4. The minimum Gasteiger partial charge on any atom is -0.393 e. The molecule has 5 aliphatic heterocycles. The molecule has 4 aliphatic carbocycles. The van der Waals surface area contributed by atoms with E-state index in [2.05, 4.69) is 27.7 Å². The summed E-state index contributed by atoms with van der Waals surface area (Å²) < 4.78 is 51.1. The van der Waals surface area contributed by atoms with Crippen molar-refractivity contribution < 1.29 is 78.7 Å². The summed E-state index contributed by atoms with van der Waals surface area (Å²) >= 11 is 0. The lowest BCUT2D eigenvalue weighted by molar-refractivity contribution is -0.388. The Hall–Kier alpha value is -0.640. The van der Waals surface area contributed by atoms with Gasteiger partial charge in [0.15, 0.2) is 24.7 Å². The van der Waals surface area contributed by atoms with Gasteiger partial charge >= 0.3 is 0 Å². The van der Waals surface area contributed by atoms with Crippen molar-refractivity contribution in [3.05, 3.63) is 0 Å². The lowest BCUT2D eigenvalue weighted by Crippen LogP contribution is -2.66. The molecule has 4 saturated carbocycles. The minimum atomic E-state index is -1.71. The van der Waals surface area contributed by atoms with E-state index < -0.39 is 104 Å². The highest BCUT2D eigenvalue weighted by Crippen LogP contribution is 2.71. The normalized spacial score (nSPS) is 60.5. The van der Waals surface area contributed by atoms with E-state index in [1.165, 1.54) is 13.8 Å². The van der Waals surface area contributed by atoms with Crippen LogP contribution in [0.3, 0.4) is 0 Å². The summed E-state index contributed by atoms with van der Waals surface area (Å²) in [5, 5.41) is 87.0. The van der Waals surface area contributed by atoms with Crippen molar-refractivity contribution in [1.29, 1.82) is 0 Å². The maximum Gasteiger partial charge on any atom is 0.187 e. The maximum atomic E-state index is 11.4. The van der Waals surface area contributed by atoms with E-state index in [9.17, 15) is 40.9 Å². The molecule has 0 aromatic carbocycles. The molecule has 8 N–H and O–H groups in total. The molecule has 0 bridgehead atoms. The standard InChI is InChI=1S/C44H72O16/c1-18-9-12-44(54-16-18)19(2)30-28(60-44)15-26-24-8-7-22-13-23(45)14-29(43(22,6)25(24)10-11-42(26,30)5)57-41-38(59-40-36(52)34(50)32(48)21(4)56-40)37(27(46)17-53-41)58-39-35(51)33(49)31(47)20(3)55-39/h18-41,45-52H,7-17H2,1-6H3/t18-,19+,20+,21+,22+,23-,24?,25?,26?,27+,28?,29-,30?,31+,32+,33-,34-,35-,36-,37+,38-,39+,40+,41?,42+,43+,44-/m1/s1. The van der Waals surface area contributed by atoms with Gasteiger partial charge in [0, 0.05) is 18.8 Å². The molecule has 9 rings (SSSR count). The van der Waals surface area contributed by atoms with Crippen LogP contribution in [0.25, 0.3) is 0 Å². The van der Waals surface area contributed by atoms with Crippen LogP contribution in [0.1, 0.15) is 99.3 Å². The zero-order chi connectivity index (χ0) is 42.8. The summed E-state index contributed by atoms with van der Waals surface area (Å²) in [4.78, 5) is 0. The molecule has 1 spiro atoms. The Bertz CT molecular complexity index is 1520. The van der Waals surface area contributed by atoms with Gasteiger partial charge in [-0.2, -0.15) is 0 Å². The second-order valence-corrected chi connectivity index (χ2v) is 21.1. The highest BCUT2D eigenvalue weighted by molar-refractivity contribution is 5.16. The van der Waals surface area contributed by atoms with Crippen LogP contribution in [0.5, 0.6) is 0 Å². The van der Waals surface area contributed by atoms with Crippen molar-refractivity contribution in [1.82, 2.24) is 0 Å². The topological polar surface area (TPSA) is 236 Å². The van der Waals surface area contributed by atoms with Gasteiger partial charge in [-0.15, -0.1) is 0 Å². The predicted molar refractivity (Wildman–Crippen MR) is 208 cm³/mol. The average molecular weight is 857 g/mol. The fourth-order valence-corrected chi connectivity index (χ4v) is 14.4. The van der Waals surface area contributed by atoms with Crippen LogP contribution >= 0.6 is 0 Å². The van der Waals surface area contributed by atoms with Crippen LogP contribution in [0.15, 0.2) is 0 Å². The zero-order valence-electron chi connectivity index (χ0n) is 36.0. The SMILES string of the molecule is C[C@@H]1CC[C@@]2(OC1)OC1CC3C4CC[C@H]5C[C@@H](O)C[C@@H](OC6OC[C@H](O)[C@H](O[C@@H]7O[C@@H](C)[C@H](O)[C@@H](O)[C@H]7O)[C@H]6O[C@@H]6O[C@@H](C)[C@H](O)[C@@H](O)[C@H]6O)[C@]5(C)C4CC[C@]3(C)C1[C@@H]2C. The van der Waals surface area contributed by atoms with Crippen LogP contribution in [0, 0.1) is 52.3 Å². The smallest absolute Gasteiger partial charge is 0.187 e. The molecule has 60 heavy (non-hydrogen) atoms. The van der Waals surface area contributed by atoms with Crippen molar-refractivity contribution in [3.63, 3.8) is 0 Å². The molecule has 9 aliphatic rings. The minimum absolute atomic E-state index is 0.101.